The van der Waals surface area contributed by atoms with Crippen molar-refractivity contribution in [3.8, 4) is 0 Å². The van der Waals surface area contributed by atoms with Crippen LogP contribution in [0.25, 0.3) is 0 Å². The summed E-state index contributed by atoms with van der Waals surface area (Å²) in [5.74, 6) is -0.106. The van der Waals surface area contributed by atoms with E-state index in [9.17, 15) is 4.79 Å². The van der Waals surface area contributed by atoms with Crippen LogP contribution in [0.5, 0.6) is 0 Å². The van der Waals surface area contributed by atoms with E-state index >= 15 is 0 Å². The topological polar surface area (TPSA) is 38.8 Å². The Morgan fingerprint density at radius 3 is 2.57 bits per heavy atom. The summed E-state index contributed by atoms with van der Waals surface area (Å²) in [6.45, 7) is 5.29. The summed E-state index contributed by atoms with van der Waals surface area (Å²) in [5.41, 5.74) is 1.26. The Labute approximate surface area is 132 Å². The average Bonchev–Trinajstić information content (AvgIpc) is 2.50. The van der Waals surface area contributed by atoms with Crippen molar-refractivity contribution >= 4 is 18.4 Å². The van der Waals surface area contributed by atoms with Gasteiger partial charge >= 0.3 is 5.97 Å². The maximum absolute atomic E-state index is 12.2. The first-order valence-electron chi connectivity index (χ1n) is 7.33. The summed E-state index contributed by atoms with van der Waals surface area (Å²) >= 11 is 0. The molecule has 1 saturated heterocycles. The zero-order chi connectivity index (χ0) is 14.2. The largest absolute Gasteiger partial charge is 0.465 e. The summed E-state index contributed by atoms with van der Waals surface area (Å²) in [6, 6.07) is 10.1. The molecule has 1 aliphatic heterocycles. The molecule has 0 amide bonds. The van der Waals surface area contributed by atoms with Crippen molar-refractivity contribution in [2.24, 2.45) is 0 Å². The number of esters is 1. The summed E-state index contributed by atoms with van der Waals surface area (Å²) in [6.07, 6.45) is 1.69. The maximum Gasteiger partial charge on any atom is 0.323 e. The van der Waals surface area contributed by atoms with Crippen molar-refractivity contribution in [3.63, 3.8) is 0 Å². The van der Waals surface area contributed by atoms with Gasteiger partial charge in [-0.15, -0.1) is 12.4 Å². The van der Waals surface area contributed by atoms with E-state index in [1.807, 2.05) is 25.1 Å². The van der Waals surface area contributed by atoms with Gasteiger partial charge in [-0.05, 0) is 25.3 Å². The van der Waals surface area contributed by atoms with Gasteiger partial charge in [-0.3, -0.25) is 9.69 Å². The van der Waals surface area contributed by atoms with Crippen LogP contribution in [0.15, 0.2) is 30.3 Å². The zero-order valence-electron chi connectivity index (χ0n) is 12.5. The second-order valence-corrected chi connectivity index (χ2v) is 4.94. The molecule has 21 heavy (non-hydrogen) atoms. The van der Waals surface area contributed by atoms with E-state index in [0.717, 1.165) is 25.9 Å². The molecule has 0 bridgehead atoms. The van der Waals surface area contributed by atoms with Gasteiger partial charge in [0.1, 0.15) is 6.04 Å². The van der Waals surface area contributed by atoms with Crippen LogP contribution in [0, 0.1) is 0 Å². The SMILES string of the molecule is CCOC(=O)C(CCc1ccccc1)N1CCOCC1.Cl. The lowest BCUT2D eigenvalue weighted by atomic mass is 10.0. The molecule has 1 atom stereocenters. The van der Waals surface area contributed by atoms with Crippen LogP contribution >= 0.6 is 12.4 Å². The van der Waals surface area contributed by atoms with Crippen LogP contribution in [0.3, 0.4) is 0 Å². The predicted molar refractivity (Wildman–Crippen MR) is 84.8 cm³/mol. The summed E-state index contributed by atoms with van der Waals surface area (Å²) in [5, 5.41) is 0. The lowest BCUT2D eigenvalue weighted by Crippen LogP contribution is -2.48. The maximum atomic E-state index is 12.2. The standard InChI is InChI=1S/C16H23NO3.ClH/c1-2-20-16(18)15(17-10-12-19-13-11-17)9-8-14-6-4-3-5-7-14;/h3-7,15H,2,8-13H2,1H3;1H. The monoisotopic (exact) mass is 313 g/mol. The van der Waals surface area contributed by atoms with E-state index in [0.29, 0.717) is 19.8 Å². The van der Waals surface area contributed by atoms with Crippen LogP contribution in [0.2, 0.25) is 0 Å². The fourth-order valence-corrected chi connectivity index (χ4v) is 2.53. The Morgan fingerprint density at radius 2 is 1.95 bits per heavy atom. The Bertz CT molecular complexity index is 407. The van der Waals surface area contributed by atoms with Gasteiger partial charge in [0.25, 0.3) is 0 Å². The highest BCUT2D eigenvalue weighted by Gasteiger charge is 2.28. The van der Waals surface area contributed by atoms with Crippen LogP contribution in [-0.2, 0) is 20.7 Å². The van der Waals surface area contributed by atoms with Gasteiger partial charge in [0, 0.05) is 13.1 Å². The predicted octanol–water partition coefficient (Wildman–Crippen LogP) is 2.30. The van der Waals surface area contributed by atoms with E-state index in [1.165, 1.54) is 5.56 Å². The van der Waals surface area contributed by atoms with Crippen molar-refractivity contribution in [3.05, 3.63) is 35.9 Å². The van der Waals surface area contributed by atoms with E-state index < -0.39 is 0 Å². The number of ether oxygens (including phenoxy) is 2. The van der Waals surface area contributed by atoms with Crippen LogP contribution in [-0.4, -0.2) is 49.8 Å². The van der Waals surface area contributed by atoms with Crippen molar-refractivity contribution in [2.45, 2.75) is 25.8 Å². The van der Waals surface area contributed by atoms with Gasteiger partial charge in [0.15, 0.2) is 0 Å². The van der Waals surface area contributed by atoms with E-state index in [-0.39, 0.29) is 24.4 Å². The molecule has 1 aliphatic rings. The third-order valence-electron chi connectivity index (χ3n) is 3.59. The van der Waals surface area contributed by atoms with Gasteiger partial charge in [-0.25, -0.2) is 0 Å². The first kappa shape index (κ1) is 18.0. The van der Waals surface area contributed by atoms with E-state index in [2.05, 4.69) is 17.0 Å². The number of morpholine rings is 1. The van der Waals surface area contributed by atoms with Crippen molar-refractivity contribution in [1.29, 1.82) is 0 Å². The first-order chi connectivity index (χ1) is 9.81. The molecule has 0 radical (unpaired) electrons. The number of carbonyl (C=O) groups excluding carboxylic acids is 1. The molecule has 4 nitrogen and oxygen atoms in total. The normalized spacial score (nSPS) is 16.8. The van der Waals surface area contributed by atoms with Crippen LogP contribution in [0.1, 0.15) is 18.9 Å². The smallest absolute Gasteiger partial charge is 0.323 e. The molecular formula is C16H24ClNO3. The second kappa shape index (κ2) is 9.77. The van der Waals surface area contributed by atoms with Gasteiger partial charge in [-0.1, -0.05) is 30.3 Å². The molecule has 0 spiro atoms. The Balaban J connectivity index is 0.00000220. The molecule has 1 heterocycles. The van der Waals surface area contributed by atoms with Crippen molar-refractivity contribution < 1.29 is 14.3 Å². The van der Waals surface area contributed by atoms with Crippen molar-refractivity contribution in [1.82, 2.24) is 4.90 Å². The van der Waals surface area contributed by atoms with Gasteiger partial charge in [-0.2, -0.15) is 0 Å². The quantitative estimate of drug-likeness (QED) is 0.756. The van der Waals surface area contributed by atoms with Gasteiger partial charge < -0.3 is 9.47 Å². The number of halogens is 1. The highest BCUT2D eigenvalue weighted by atomic mass is 35.5. The summed E-state index contributed by atoms with van der Waals surface area (Å²) < 4.78 is 10.6. The molecule has 1 aromatic rings. The number of hydrogen-bond donors (Lipinski definition) is 0. The number of rotatable bonds is 6. The van der Waals surface area contributed by atoms with Crippen LogP contribution in [0.4, 0.5) is 0 Å². The molecular weight excluding hydrogens is 290 g/mol. The number of benzene rings is 1. The summed E-state index contributed by atoms with van der Waals surface area (Å²) in [7, 11) is 0. The molecule has 5 heteroatoms. The molecule has 1 aromatic carbocycles. The molecule has 0 aromatic heterocycles. The molecule has 0 aliphatic carbocycles. The van der Waals surface area contributed by atoms with Gasteiger partial charge in [0.2, 0.25) is 0 Å². The molecule has 0 saturated carbocycles. The Kier molecular flexibility index (Phi) is 8.35. The highest BCUT2D eigenvalue weighted by molar-refractivity contribution is 5.85. The number of hydrogen-bond acceptors (Lipinski definition) is 4. The minimum Gasteiger partial charge on any atom is -0.465 e. The van der Waals surface area contributed by atoms with Crippen LogP contribution < -0.4 is 0 Å². The third-order valence-corrected chi connectivity index (χ3v) is 3.59. The van der Waals surface area contributed by atoms with Gasteiger partial charge in [0.05, 0.1) is 19.8 Å². The second-order valence-electron chi connectivity index (χ2n) is 4.94. The molecule has 2 rings (SSSR count). The Hall–Kier alpha value is -1.10. The molecule has 0 N–H and O–H groups in total. The number of nitrogens with zero attached hydrogens (tertiary/aromatic N) is 1. The van der Waals surface area contributed by atoms with E-state index in [4.69, 9.17) is 9.47 Å². The molecule has 118 valence electrons. The zero-order valence-corrected chi connectivity index (χ0v) is 13.3. The minimum atomic E-state index is -0.154. The highest BCUT2D eigenvalue weighted by Crippen LogP contribution is 2.13. The lowest BCUT2D eigenvalue weighted by Gasteiger charge is -2.33. The minimum absolute atomic E-state index is 0. The number of aryl methyl sites for hydroxylation is 1. The fourth-order valence-electron chi connectivity index (χ4n) is 2.53. The van der Waals surface area contributed by atoms with Crippen molar-refractivity contribution in [2.75, 3.05) is 32.9 Å². The lowest BCUT2D eigenvalue weighted by molar-refractivity contribution is -0.151. The third kappa shape index (κ3) is 5.65. The number of carbonyl (C=O) groups is 1. The Morgan fingerprint density at radius 1 is 1.29 bits per heavy atom. The first-order valence-corrected chi connectivity index (χ1v) is 7.33. The fraction of sp³-hybridized carbons (Fsp3) is 0.562. The summed E-state index contributed by atoms with van der Waals surface area (Å²) in [4.78, 5) is 14.3. The average molecular weight is 314 g/mol. The van der Waals surface area contributed by atoms with E-state index in [1.54, 1.807) is 0 Å². The molecule has 1 fully saturated rings. The molecule has 1 unspecified atom stereocenters.